The highest BCUT2D eigenvalue weighted by Gasteiger charge is 2.33. The molecule has 0 bridgehead atoms. The van der Waals surface area contributed by atoms with Crippen LogP contribution < -0.4 is 0 Å². The van der Waals surface area contributed by atoms with Crippen molar-refractivity contribution in [3.05, 3.63) is 77.5 Å². The van der Waals surface area contributed by atoms with E-state index in [1.165, 1.54) is 35.2 Å². The Balaban J connectivity index is 1.85. The summed E-state index contributed by atoms with van der Waals surface area (Å²) in [6.45, 7) is 5.62. The van der Waals surface area contributed by atoms with Crippen molar-refractivity contribution in [3.8, 4) is 11.3 Å². The number of aromatic nitrogens is 1. The Labute approximate surface area is 191 Å². The first kappa shape index (κ1) is 23.0. The van der Waals surface area contributed by atoms with Gasteiger partial charge in [0, 0.05) is 24.2 Å². The quantitative estimate of drug-likeness (QED) is 0.538. The third-order valence-electron chi connectivity index (χ3n) is 5.26. The molecule has 0 spiro atoms. The van der Waals surface area contributed by atoms with E-state index in [0.29, 0.717) is 11.3 Å². The Hall–Kier alpha value is -3.20. The summed E-state index contributed by atoms with van der Waals surface area (Å²) >= 11 is 0. The molecule has 0 aliphatic carbocycles. The van der Waals surface area contributed by atoms with Crippen molar-refractivity contribution >= 4 is 16.1 Å². The highest BCUT2D eigenvalue weighted by molar-refractivity contribution is 7.90. The van der Waals surface area contributed by atoms with Crippen molar-refractivity contribution in [1.82, 2.24) is 8.87 Å². The fourth-order valence-corrected chi connectivity index (χ4v) is 5.48. The molecule has 0 saturated carbocycles. The molecule has 3 aromatic rings. The van der Waals surface area contributed by atoms with Crippen molar-refractivity contribution in [3.63, 3.8) is 0 Å². The smallest absolute Gasteiger partial charge is 0.410 e. The van der Waals surface area contributed by atoms with Crippen LogP contribution in [0.5, 0.6) is 0 Å². The summed E-state index contributed by atoms with van der Waals surface area (Å²) in [7, 11) is -4.25. The molecule has 6 nitrogen and oxygen atoms in total. The summed E-state index contributed by atoms with van der Waals surface area (Å²) in [6.07, 6.45) is -0.307. The summed E-state index contributed by atoms with van der Waals surface area (Å²) in [5.74, 6) is -1.28. The van der Waals surface area contributed by atoms with E-state index in [1.54, 1.807) is 32.9 Å². The van der Waals surface area contributed by atoms with E-state index in [1.807, 2.05) is 0 Å². The van der Waals surface area contributed by atoms with Crippen molar-refractivity contribution in [2.45, 2.75) is 44.2 Å². The normalized spacial score (nSPS) is 14.2. The average molecular weight is 475 g/mol. The van der Waals surface area contributed by atoms with Gasteiger partial charge in [-0.3, -0.25) is 0 Å². The molecule has 2 aromatic carbocycles. The summed E-state index contributed by atoms with van der Waals surface area (Å²) in [5.41, 5.74) is 0.522. The van der Waals surface area contributed by atoms with Gasteiger partial charge in [-0.2, -0.15) is 0 Å². The Morgan fingerprint density at radius 3 is 2.42 bits per heavy atom. The van der Waals surface area contributed by atoms with E-state index in [4.69, 9.17) is 4.74 Å². The second-order valence-corrected chi connectivity index (χ2v) is 10.6. The zero-order valence-electron chi connectivity index (χ0n) is 18.5. The van der Waals surface area contributed by atoms with Crippen molar-refractivity contribution < 1.29 is 26.7 Å². The maximum atomic E-state index is 14.7. The number of carbonyl (C=O) groups is 1. The number of halogens is 2. The molecule has 0 N–H and O–H groups in total. The van der Waals surface area contributed by atoms with Gasteiger partial charge in [-0.05, 0) is 62.7 Å². The maximum absolute atomic E-state index is 14.7. The predicted octanol–water partition coefficient (Wildman–Crippen LogP) is 4.96. The number of fused-ring (bicyclic) bond motifs is 1. The Morgan fingerprint density at radius 1 is 1.03 bits per heavy atom. The van der Waals surface area contributed by atoms with Crippen molar-refractivity contribution in [1.29, 1.82) is 0 Å². The number of amides is 1. The summed E-state index contributed by atoms with van der Waals surface area (Å²) in [6, 6.07) is 12.1. The largest absolute Gasteiger partial charge is 0.444 e. The van der Waals surface area contributed by atoms with E-state index in [-0.39, 0.29) is 35.7 Å². The average Bonchev–Trinajstić information content (AvgIpc) is 3.12. The molecule has 0 unspecified atom stereocenters. The molecule has 174 valence electrons. The highest BCUT2D eigenvalue weighted by atomic mass is 32.2. The number of benzene rings is 2. The first-order chi connectivity index (χ1) is 15.5. The second kappa shape index (κ2) is 8.30. The van der Waals surface area contributed by atoms with Gasteiger partial charge in [0.25, 0.3) is 10.0 Å². The standard InChI is InChI=1S/C24H24F2N2O4S/c1-24(2,3)32-23(29)27-12-11-21-16(15-27)13-22(19-9-4-5-10-20(19)26)28(21)33(30,31)18-8-6-7-17(25)14-18/h4-10,13-14H,11-12,15H2,1-3H3. The van der Waals surface area contributed by atoms with E-state index in [9.17, 15) is 22.0 Å². The third kappa shape index (κ3) is 4.50. The molecule has 1 amide bonds. The molecule has 0 atom stereocenters. The molecule has 2 heterocycles. The molecule has 9 heteroatoms. The van der Waals surface area contributed by atoms with Crippen LogP contribution in [-0.4, -0.2) is 35.5 Å². The fourth-order valence-electron chi connectivity index (χ4n) is 3.85. The van der Waals surface area contributed by atoms with Crippen LogP contribution >= 0.6 is 0 Å². The van der Waals surface area contributed by atoms with E-state index in [2.05, 4.69) is 0 Å². The molecular weight excluding hydrogens is 450 g/mol. The highest BCUT2D eigenvalue weighted by Crippen LogP contribution is 2.35. The zero-order valence-corrected chi connectivity index (χ0v) is 19.3. The third-order valence-corrected chi connectivity index (χ3v) is 7.01. The minimum atomic E-state index is -4.25. The first-order valence-corrected chi connectivity index (χ1v) is 11.9. The zero-order chi connectivity index (χ0) is 24.0. The van der Waals surface area contributed by atoms with Crippen LogP contribution in [0.25, 0.3) is 11.3 Å². The molecule has 1 aliphatic rings. The maximum Gasteiger partial charge on any atom is 0.410 e. The van der Waals surface area contributed by atoms with Crippen LogP contribution in [0, 0.1) is 11.6 Å². The van der Waals surface area contributed by atoms with Gasteiger partial charge in [0.1, 0.15) is 17.2 Å². The minimum absolute atomic E-state index is 0.0932. The van der Waals surface area contributed by atoms with E-state index >= 15 is 0 Å². The van der Waals surface area contributed by atoms with Gasteiger partial charge in [0.05, 0.1) is 17.1 Å². The van der Waals surface area contributed by atoms with E-state index in [0.717, 1.165) is 16.1 Å². The predicted molar refractivity (Wildman–Crippen MR) is 119 cm³/mol. The Kier molecular flexibility index (Phi) is 5.78. The second-order valence-electron chi connectivity index (χ2n) is 8.86. The first-order valence-electron chi connectivity index (χ1n) is 10.4. The minimum Gasteiger partial charge on any atom is -0.444 e. The van der Waals surface area contributed by atoms with Crippen LogP contribution in [-0.2, 0) is 27.7 Å². The van der Waals surface area contributed by atoms with Crippen molar-refractivity contribution in [2.24, 2.45) is 0 Å². The lowest BCUT2D eigenvalue weighted by Crippen LogP contribution is -2.40. The lowest BCUT2D eigenvalue weighted by atomic mass is 10.1. The topological polar surface area (TPSA) is 68.6 Å². The SMILES string of the molecule is CC(C)(C)OC(=O)N1CCc2c(cc(-c3ccccc3F)n2S(=O)(=O)c2cccc(F)c2)C1. The van der Waals surface area contributed by atoms with Gasteiger partial charge in [-0.25, -0.2) is 26.0 Å². The number of hydrogen-bond acceptors (Lipinski definition) is 4. The van der Waals surface area contributed by atoms with E-state index < -0.39 is 33.4 Å². The number of ether oxygens (including phenoxy) is 1. The monoisotopic (exact) mass is 474 g/mol. The molecule has 33 heavy (non-hydrogen) atoms. The van der Waals surface area contributed by atoms with Gasteiger partial charge in [0.15, 0.2) is 0 Å². The number of hydrogen-bond donors (Lipinski definition) is 0. The van der Waals surface area contributed by atoms with Crippen LogP contribution in [0.3, 0.4) is 0 Å². The van der Waals surface area contributed by atoms with Crippen LogP contribution in [0.2, 0.25) is 0 Å². The van der Waals surface area contributed by atoms with Crippen LogP contribution in [0.4, 0.5) is 13.6 Å². The van der Waals surface area contributed by atoms with Gasteiger partial charge in [-0.1, -0.05) is 18.2 Å². The number of carbonyl (C=O) groups excluding carboxylic acids is 1. The molecule has 0 saturated heterocycles. The molecular formula is C24H24F2N2O4S. The summed E-state index contributed by atoms with van der Waals surface area (Å²) < 4.78 is 62.3. The lowest BCUT2D eigenvalue weighted by molar-refractivity contribution is 0.0223. The lowest BCUT2D eigenvalue weighted by Gasteiger charge is -2.30. The van der Waals surface area contributed by atoms with Crippen LogP contribution in [0.15, 0.2) is 59.5 Å². The fraction of sp³-hybridized carbons (Fsp3) is 0.292. The number of rotatable bonds is 3. The van der Waals surface area contributed by atoms with Gasteiger partial charge >= 0.3 is 6.09 Å². The summed E-state index contributed by atoms with van der Waals surface area (Å²) in [5, 5.41) is 0. The molecule has 0 radical (unpaired) electrons. The molecule has 1 aliphatic heterocycles. The molecule has 1 aromatic heterocycles. The van der Waals surface area contributed by atoms with Gasteiger partial charge in [0.2, 0.25) is 0 Å². The van der Waals surface area contributed by atoms with Gasteiger partial charge in [-0.15, -0.1) is 0 Å². The van der Waals surface area contributed by atoms with Gasteiger partial charge < -0.3 is 9.64 Å². The Bertz CT molecular complexity index is 1330. The van der Waals surface area contributed by atoms with Crippen LogP contribution in [0.1, 0.15) is 32.0 Å². The summed E-state index contributed by atoms with van der Waals surface area (Å²) in [4.78, 5) is 13.8. The Morgan fingerprint density at radius 2 is 1.76 bits per heavy atom. The molecule has 4 rings (SSSR count). The van der Waals surface area contributed by atoms with Crippen molar-refractivity contribution in [2.75, 3.05) is 6.54 Å². The molecule has 0 fully saturated rings. The number of nitrogens with zero attached hydrogens (tertiary/aromatic N) is 2.